The van der Waals surface area contributed by atoms with E-state index in [0.29, 0.717) is 12.6 Å². The van der Waals surface area contributed by atoms with E-state index >= 15 is 0 Å². The number of hydrogen-bond donors (Lipinski definition) is 1. The lowest BCUT2D eigenvalue weighted by molar-refractivity contribution is -0.0904. The van der Waals surface area contributed by atoms with Crippen molar-refractivity contribution in [2.24, 2.45) is 5.73 Å². The van der Waals surface area contributed by atoms with Crippen LogP contribution in [-0.4, -0.2) is 37.2 Å². The van der Waals surface area contributed by atoms with Gasteiger partial charge < -0.3 is 10.5 Å². The smallest absolute Gasteiger partial charge is 0.0607 e. The fourth-order valence-corrected chi connectivity index (χ4v) is 3.28. The van der Waals surface area contributed by atoms with Gasteiger partial charge in [0.05, 0.1) is 6.10 Å². The lowest BCUT2D eigenvalue weighted by atomic mass is 9.72. The molecule has 1 aromatic carbocycles. The number of likely N-dealkylation sites (N-methyl/N-ethyl adjacent to an activating group) is 1. The molecule has 1 fully saturated rings. The molecule has 1 aliphatic carbocycles. The zero-order valence-corrected chi connectivity index (χ0v) is 12.7. The highest BCUT2D eigenvalue weighted by molar-refractivity contribution is 6.31. The number of methoxy groups -OCH3 is 1. The molecule has 2 N–H and O–H groups in total. The third kappa shape index (κ3) is 2.65. The first-order chi connectivity index (χ1) is 9.04. The molecule has 1 aromatic rings. The first-order valence-electron chi connectivity index (χ1n) is 6.74. The summed E-state index contributed by atoms with van der Waals surface area (Å²) in [5, 5.41) is 0.816. The molecule has 3 nitrogen and oxygen atoms in total. The van der Waals surface area contributed by atoms with Crippen LogP contribution in [0.1, 0.15) is 31.4 Å². The Balaban J connectivity index is 2.15. The van der Waals surface area contributed by atoms with Crippen LogP contribution in [-0.2, 0) is 4.74 Å². The Labute approximate surface area is 120 Å². The Morgan fingerprint density at radius 3 is 2.63 bits per heavy atom. The molecule has 1 atom stereocenters. The standard InChI is InChI=1S/C15H23ClN2O/c1-11(13-6-4-5-7-14(13)16)18(2)15(10-17)8-12(9-15)19-3/h4-7,11-12H,8-10,17H2,1-3H3. The van der Waals surface area contributed by atoms with Gasteiger partial charge in [-0.25, -0.2) is 0 Å². The average molecular weight is 283 g/mol. The van der Waals surface area contributed by atoms with E-state index < -0.39 is 0 Å². The Morgan fingerprint density at radius 2 is 2.11 bits per heavy atom. The van der Waals surface area contributed by atoms with Crippen molar-refractivity contribution in [3.05, 3.63) is 34.9 Å². The Morgan fingerprint density at radius 1 is 1.47 bits per heavy atom. The molecule has 1 saturated carbocycles. The van der Waals surface area contributed by atoms with Crippen LogP contribution in [0.4, 0.5) is 0 Å². The highest BCUT2D eigenvalue weighted by Crippen LogP contribution is 2.42. The zero-order chi connectivity index (χ0) is 14.0. The summed E-state index contributed by atoms with van der Waals surface area (Å²) in [6, 6.07) is 8.26. The number of halogens is 1. The molecule has 0 saturated heterocycles. The summed E-state index contributed by atoms with van der Waals surface area (Å²) in [6.45, 7) is 2.83. The van der Waals surface area contributed by atoms with Gasteiger partial charge >= 0.3 is 0 Å². The summed E-state index contributed by atoms with van der Waals surface area (Å²) in [5.41, 5.74) is 7.20. The van der Waals surface area contributed by atoms with E-state index in [0.717, 1.165) is 23.4 Å². The number of nitrogens with two attached hydrogens (primary N) is 1. The fourth-order valence-electron chi connectivity index (χ4n) is 2.99. The van der Waals surface area contributed by atoms with Gasteiger partial charge in [-0.15, -0.1) is 0 Å². The van der Waals surface area contributed by atoms with Crippen LogP contribution in [0.15, 0.2) is 24.3 Å². The van der Waals surface area contributed by atoms with Crippen LogP contribution in [0.25, 0.3) is 0 Å². The van der Waals surface area contributed by atoms with E-state index in [-0.39, 0.29) is 11.6 Å². The molecular weight excluding hydrogens is 260 g/mol. The minimum Gasteiger partial charge on any atom is -0.381 e. The van der Waals surface area contributed by atoms with Gasteiger partial charge in [-0.1, -0.05) is 29.8 Å². The van der Waals surface area contributed by atoms with Crippen molar-refractivity contribution >= 4 is 11.6 Å². The summed E-state index contributed by atoms with van der Waals surface area (Å²) in [6.07, 6.45) is 2.32. The average Bonchev–Trinajstić information content (AvgIpc) is 2.38. The molecule has 0 amide bonds. The molecule has 0 heterocycles. The van der Waals surface area contributed by atoms with Crippen LogP contribution >= 0.6 is 11.6 Å². The van der Waals surface area contributed by atoms with Gasteiger partial charge in [-0.3, -0.25) is 4.90 Å². The quantitative estimate of drug-likeness (QED) is 0.902. The molecule has 0 spiro atoms. The largest absolute Gasteiger partial charge is 0.381 e. The van der Waals surface area contributed by atoms with Gasteiger partial charge in [0.1, 0.15) is 0 Å². The minimum atomic E-state index is 0.0409. The van der Waals surface area contributed by atoms with Gasteiger partial charge in [0.15, 0.2) is 0 Å². The maximum absolute atomic E-state index is 6.29. The summed E-state index contributed by atoms with van der Waals surface area (Å²) >= 11 is 6.29. The molecule has 0 aromatic heterocycles. The highest BCUT2D eigenvalue weighted by Gasteiger charge is 2.48. The van der Waals surface area contributed by atoms with E-state index in [1.807, 2.05) is 18.2 Å². The molecule has 106 valence electrons. The molecule has 4 heteroatoms. The second-order valence-electron chi connectivity index (χ2n) is 5.50. The molecule has 0 radical (unpaired) electrons. The van der Waals surface area contributed by atoms with E-state index in [1.54, 1.807) is 7.11 Å². The van der Waals surface area contributed by atoms with Gasteiger partial charge in [0.2, 0.25) is 0 Å². The molecular formula is C15H23ClN2O. The van der Waals surface area contributed by atoms with Gasteiger partial charge in [0.25, 0.3) is 0 Å². The zero-order valence-electron chi connectivity index (χ0n) is 11.9. The van der Waals surface area contributed by atoms with Gasteiger partial charge in [0, 0.05) is 30.3 Å². The van der Waals surface area contributed by atoms with Crippen LogP contribution < -0.4 is 5.73 Å². The van der Waals surface area contributed by atoms with Gasteiger partial charge in [-0.2, -0.15) is 0 Å². The molecule has 19 heavy (non-hydrogen) atoms. The molecule has 0 aliphatic heterocycles. The normalized spacial score (nSPS) is 28.2. The second-order valence-corrected chi connectivity index (χ2v) is 5.91. The first kappa shape index (κ1) is 14.8. The second kappa shape index (κ2) is 5.80. The van der Waals surface area contributed by atoms with Crippen LogP contribution in [0.3, 0.4) is 0 Å². The Kier molecular flexibility index (Phi) is 4.51. The van der Waals surface area contributed by atoms with E-state index in [4.69, 9.17) is 22.1 Å². The van der Waals surface area contributed by atoms with Crippen molar-refractivity contribution in [3.8, 4) is 0 Å². The number of hydrogen-bond acceptors (Lipinski definition) is 3. The van der Waals surface area contributed by atoms with Crippen molar-refractivity contribution in [2.75, 3.05) is 20.7 Å². The monoisotopic (exact) mass is 282 g/mol. The van der Waals surface area contributed by atoms with Crippen LogP contribution in [0.5, 0.6) is 0 Å². The topological polar surface area (TPSA) is 38.5 Å². The van der Waals surface area contributed by atoms with Crippen molar-refractivity contribution < 1.29 is 4.74 Å². The summed E-state index contributed by atoms with van der Waals surface area (Å²) in [5.74, 6) is 0. The lowest BCUT2D eigenvalue weighted by Crippen LogP contribution is -2.63. The van der Waals surface area contributed by atoms with E-state index in [1.165, 1.54) is 0 Å². The van der Waals surface area contributed by atoms with Crippen molar-refractivity contribution in [1.29, 1.82) is 0 Å². The van der Waals surface area contributed by atoms with Gasteiger partial charge in [-0.05, 0) is 38.4 Å². The Hall–Kier alpha value is -0.610. The Bertz CT molecular complexity index is 432. The number of nitrogens with zero attached hydrogens (tertiary/aromatic N) is 1. The maximum Gasteiger partial charge on any atom is 0.0607 e. The van der Waals surface area contributed by atoms with E-state index in [9.17, 15) is 0 Å². The SMILES string of the molecule is COC1CC(CN)(N(C)C(C)c2ccccc2Cl)C1. The summed E-state index contributed by atoms with van der Waals surface area (Å²) in [4.78, 5) is 2.35. The summed E-state index contributed by atoms with van der Waals surface area (Å²) in [7, 11) is 3.90. The lowest BCUT2D eigenvalue weighted by Gasteiger charge is -2.54. The van der Waals surface area contributed by atoms with E-state index in [2.05, 4.69) is 24.9 Å². The van der Waals surface area contributed by atoms with Crippen molar-refractivity contribution in [1.82, 2.24) is 4.90 Å². The summed E-state index contributed by atoms with van der Waals surface area (Å²) < 4.78 is 5.39. The number of ether oxygens (including phenoxy) is 1. The first-order valence-corrected chi connectivity index (χ1v) is 7.12. The maximum atomic E-state index is 6.29. The number of benzene rings is 1. The fraction of sp³-hybridized carbons (Fsp3) is 0.600. The van der Waals surface area contributed by atoms with Crippen molar-refractivity contribution in [3.63, 3.8) is 0 Å². The molecule has 1 unspecified atom stereocenters. The predicted molar refractivity (Wildman–Crippen MR) is 79.4 cm³/mol. The third-order valence-electron chi connectivity index (χ3n) is 4.61. The van der Waals surface area contributed by atoms with Crippen LogP contribution in [0, 0.1) is 0 Å². The van der Waals surface area contributed by atoms with Crippen LogP contribution in [0.2, 0.25) is 5.02 Å². The number of rotatable bonds is 5. The molecule has 0 bridgehead atoms. The third-order valence-corrected chi connectivity index (χ3v) is 4.96. The molecule has 1 aliphatic rings. The van der Waals surface area contributed by atoms with Crippen molar-refractivity contribution in [2.45, 2.75) is 37.5 Å². The molecule has 2 rings (SSSR count). The minimum absolute atomic E-state index is 0.0409. The highest BCUT2D eigenvalue weighted by atomic mass is 35.5. The predicted octanol–water partition coefficient (Wildman–Crippen LogP) is 2.84.